The van der Waals surface area contributed by atoms with Crippen LogP contribution < -0.4 is 5.69 Å². The second-order valence-corrected chi connectivity index (χ2v) is 2.60. The van der Waals surface area contributed by atoms with Crippen LogP contribution in [0.2, 0.25) is 0 Å². The first-order valence-corrected chi connectivity index (χ1v) is 3.42. The Kier molecular flexibility index (Phi) is 1.94. The van der Waals surface area contributed by atoms with Gasteiger partial charge >= 0.3 is 5.69 Å². The minimum atomic E-state index is -0.234. The van der Waals surface area contributed by atoms with Crippen molar-refractivity contribution in [2.24, 2.45) is 0 Å². The van der Waals surface area contributed by atoms with Crippen molar-refractivity contribution >= 4 is 6.29 Å². The summed E-state index contributed by atoms with van der Waals surface area (Å²) in [6.45, 7) is 3.70. The lowest BCUT2D eigenvalue weighted by atomic mass is 10.3. The Morgan fingerprint density at radius 3 is 2.64 bits per heavy atom. The lowest BCUT2D eigenvalue weighted by molar-refractivity contribution is 0.111. The summed E-state index contributed by atoms with van der Waals surface area (Å²) in [5.41, 5.74) is 0.159. The molecule has 0 aliphatic rings. The van der Waals surface area contributed by atoms with Crippen molar-refractivity contribution in [3.05, 3.63) is 22.4 Å². The zero-order valence-electron chi connectivity index (χ0n) is 6.50. The van der Waals surface area contributed by atoms with Gasteiger partial charge in [0.2, 0.25) is 0 Å². The highest BCUT2D eigenvalue weighted by Crippen LogP contribution is 2.01. The molecule has 11 heavy (non-hydrogen) atoms. The Morgan fingerprint density at radius 1 is 1.64 bits per heavy atom. The number of hydrogen-bond acceptors (Lipinski definition) is 2. The van der Waals surface area contributed by atoms with E-state index >= 15 is 0 Å². The molecule has 1 aromatic heterocycles. The van der Waals surface area contributed by atoms with Crippen molar-refractivity contribution in [3.8, 4) is 0 Å². The number of rotatable bonds is 2. The minimum absolute atomic E-state index is 0.0222. The van der Waals surface area contributed by atoms with E-state index in [1.165, 1.54) is 10.8 Å². The van der Waals surface area contributed by atoms with Crippen LogP contribution in [0.3, 0.4) is 0 Å². The van der Waals surface area contributed by atoms with E-state index in [4.69, 9.17) is 0 Å². The zero-order chi connectivity index (χ0) is 8.43. The summed E-state index contributed by atoms with van der Waals surface area (Å²) in [6, 6.07) is 0.0222. The minimum Gasteiger partial charge on any atom is -0.312 e. The van der Waals surface area contributed by atoms with Crippen LogP contribution in [0.4, 0.5) is 0 Å². The monoisotopic (exact) mass is 154 g/mol. The smallest absolute Gasteiger partial charge is 0.312 e. The zero-order valence-corrected chi connectivity index (χ0v) is 6.50. The first kappa shape index (κ1) is 7.78. The average Bonchev–Trinajstić information content (AvgIpc) is 2.30. The molecule has 0 aliphatic heterocycles. The molecule has 0 fully saturated rings. The number of nitrogens with one attached hydrogen (secondary N) is 1. The first-order chi connectivity index (χ1) is 5.16. The van der Waals surface area contributed by atoms with Crippen molar-refractivity contribution < 1.29 is 4.79 Å². The van der Waals surface area contributed by atoms with E-state index in [1.54, 1.807) is 0 Å². The van der Waals surface area contributed by atoms with Gasteiger partial charge in [0.05, 0.1) is 0 Å². The van der Waals surface area contributed by atoms with E-state index in [2.05, 4.69) is 4.98 Å². The Labute approximate surface area is 63.9 Å². The second kappa shape index (κ2) is 2.74. The highest BCUT2D eigenvalue weighted by molar-refractivity contribution is 5.71. The Balaban J connectivity index is 3.29. The predicted octanol–water partition coefficient (Wildman–Crippen LogP) is 0.570. The standard InChI is InChI=1S/C7H10N2O2/c1-5(2)9-6(4-10)3-8-7(9)11/h3-5H,1-2H3,(H,8,11). The summed E-state index contributed by atoms with van der Waals surface area (Å²) in [6.07, 6.45) is 2.08. The molecule has 0 radical (unpaired) electrons. The van der Waals surface area contributed by atoms with Gasteiger partial charge < -0.3 is 4.98 Å². The number of aromatic amines is 1. The normalized spacial score (nSPS) is 10.5. The second-order valence-electron chi connectivity index (χ2n) is 2.60. The lowest BCUT2D eigenvalue weighted by Gasteiger charge is -2.05. The number of aldehydes is 1. The molecule has 0 saturated carbocycles. The fourth-order valence-corrected chi connectivity index (χ4v) is 1.02. The van der Waals surface area contributed by atoms with Gasteiger partial charge in [-0.3, -0.25) is 9.36 Å². The van der Waals surface area contributed by atoms with Gasteiger partial charge in [-0.05, 0) is 13.8 Å². The van der Waals surface area contributed by atoms with Gasteiger partial charge in [0.1, 0.15) is 5.69 Å². The molecule has 1 N–H and O–H groups in total. The number of nitrogens with zero attached hydrogens (tertiary/aromatic N) is 1. The van der Waals surface area contributed by atoms with Gasteiger partial charge in [-0.15, -0.1) is 0 Å². The molecule has 4 nitrogen and oxygen atoms in total. The van der Waals surface area contributed by atoms with Crippen LogP contribution in [0, 0.1) is 0 Å². The number of aromatic nitrogens is 2. The van der Waals surface area contributed by atoms with Gasteiger partial charge in [-0.1, -0.05) is 0 Å². The summed E-state index contributed by atoms with van der Waals surface area (Å²) in [4.78, 5) is 23.8. The molecule has 0 aromatic carbocycles. The van der Waals surface area contributed by atoms with Gasteiger partial charge in [0.25, 0.3) is 0 Å². The van der Waals surface area contributed by atoms with Crippen LogP contribution in [0.25, 0.3) is 0 Å². The SMILES string of the molecule is CC(C)n1c(C=O)c[nH]c1=O. The molecule has 0 saturated heterocycles. The number of H-pyrrole nitrogens is 1. The van der Waals surface area contributed by atoms with Crippen molar-refractivity contribution in [2.45, 2.75) is 19.9 Å². The number of hydrogen-bond donors (Lipinski definition) is 1. The quantitative estimate of drug-likeness (QED) is 0.633. The summed E-state index contributed by atoms with van der Waals surface area (Å²) in [5.74, 6) is 0. The maximum atomic E-state index is 11.0. The summed E-state index contributed by atoms with van der Waals surface area (Å²) in [5, 5.41) is 0. The van der Waals surface area contributed by atoms with Gasteiger partial charge in [-0.25, -0.2) is 4.79 Å². The molecule has 0 unspecified atom stereocenters. The molecule has 1 aromatic rings. The van der Waals surface area contributed by atoms with Crippen molar-refractivity contribution in [1.29, 1.82) is 0 Å². The third-order valence-electron chi connectivity index (χ3n) is 1.48. The fraction of sp³-hybridized carbons (Fsp3) is 0.429. The summed E-state index contributed by atoms with van der Waals surface area (Å²) >= 11 is 0. The van der Waals surface area contributed by atoms with Crippen molar-refractivity contribution in [2.75, 3.05) is 0 Å². The number of imidazole rings is 1. The first-order valence-electron chi connectivity index (χ1n) is 3.42. The van der Waals surface area contributed by atoms with Crippen LogP contribution in [-0.2, 0) is 0 Å². The van der Waals surface area contributed by atoms with E-state index in [0.29, 0.717) is 12.0 Å². The molecule has 0 amide bonds. The molecule has 0 aliphatic carbocycles. The van der Waals surface area contributed by atoms with Crippen LogP contribution in [0.1, 0.15) is 30.4 Å². The third-order valence-corrected chi connectivity index (χ3v) is 1.48. The fourth-order valence-electron chi connectivity index (χ4n) is 1.02. The highest BCUT2D eigenvalue weighted by atomic mass is 16.1. The third kappa shape index (κ3) is 1.24. The molecule has 0 bridgehead atoms. The van der Waals surface area contributed by atoms with Gasteiger partial charge in [0.15, 0.2) is 6.29 Å². The number of carbonyl (C=O) groups is 1. The summed E-state index contributed by atoms with van der Waals surface area (Å²) in [7, 11) is 0. The van der Waals surface area contributed by atoms with Crippen LogP contribution in [-0.4, -0.2) is 15.8 Å². The molecule has 0 atom stereocenters. The molecule has 1 heterocycles. The lowest BCUT2D eigenvalue weighted by Crippen LogP contribution is -2.20. The largest absolute Gasteiger partial charge is 0.326 e. The number of carbonyl (C=O) groups excluding carboxylic acids is 1. The Bertz CT molecular complexity index is 308. The summed E-state index contributed by atoms with van der Waals surface area (Å²) < 4.78 is 1.41. The van der Waals surface area contributed by atoms with E-state index in [-0.39, 0.29) is 11.7 Å². The predicted molar refractivity (Wildman–Crippen MR) is 40.8 cm³/mol. The van der Waals surface area contributed by atoms with Crippen molar-refractivity contribution in [1.82, 2.24) is 9.55 Å². The Hall–Kier alpha value is -1.32. The Morgan fingerprint density at radius 2 is 2.27 bits per heavy atom. The van der Waals surface area contributed by atoms with E-state index < -0.39 is 0 Å². The van der Waals surface area contributed by atoms with Gasteiger partial charge in [-0.2, -0.15) is 0 Å². The molecule has 60 valence electrons. The van der Waals surface area contributed by atoms with Crippen LogP contribution in [0.15, 0.2) is 11.0 Å². The average molecular weight is 154 g/mol. The molecular weight excluding hydrogens is 144 g/mol. The van der Waals surface area contributed by atoms with Gasteiger partial charge in [0, 0.05) is 12.2 Å². The molecule has 1 rings (SSSR count). The highest BCUT2D eigenvalue weighted by Gasteiger charge is 2.06. The van der Waals surface area contributed by atoms with E-state index in [9.17, 15) is 9.59 Å². The van der Waals surface area contributed by atoms with E-state index in [0.717, 1.165) is 0 Å². The molecular formula is C7H10N2O2. The van der Waals surface area contributed by atoms with Crippen molar-refractivity contribution in [3.63, 3.8) is 0 Å². The van der Waals surface area contributed by atoms with Crippen LogP contribution >= 0.6 is 0 Å². The molecule has 0 spiro atoms. The maximum absolute atomic E-state index is 11.0. The topological polar surface area (TPSA) is 54.9 Å². The van der Waals surface area contributed by atoms with Crippen LogP contribution in [0.5, 0.6) is 0 Å². The van der Waals surface area contributed by atoms with E-state index in [1.807, 2.05) is 13.8 Å². The molecule has 4 heteroatoms. The maximum Gasteiger partial charge on any atom is 0.326 e.